The first-order valence-electron chi connectivity index (χ1n) is 8.22. The number of benzene rings is 2. The summed E-state index contributed by atoms with van der Waals surface area (Å²) in [6.07, 6.45) is -3.03. The molecule has 0 fully saturated rings. The normalized spacial score (nSPS) is 11.5. The average molecular weight is 383 g/mol. The largest absolute Gasteiger partial charge is 0.436 e. The van der Waals surface area contributed by atoms with Crippen molar-refractivity contribution in [1.82, 2.24) is 9.97 Å². The van der Waals surface area contributed by atoms with Crippen molar-refractivity contribution in [2.75, 3.05) is 5.32 Å². The maximum Gasteiger partial charge on any atom is 0.417 e. The molecule has 1 N–H and O–H groups in total. The maximum absolute atomic E-state index is 13.3. The molecule has 8 heteroatoms. The maximum atomic E-state index is 13.3. The second kappa shape index (κ2) is 6.80. The van der Waals surface area contributed by atoms with Gasteiger partial charge in [-0.05, 0) is 36.4 Å². The Labute approximate surface area is 156 Å². The summed E-state index contributed by atoms with van der Waals surface area (Å²) < 4.78 is 45.4. The van der Waals surface area contributed by atoms with Gasteiger partial charge in [0.15, 0.2) is 5.58 Å². The number of aromatic nitrogens is 2. The lowest BCUT2D eigenvalue weighted by atomic mass is 10.1. The van der Waals surface area contributed by atoms with Gasteiger partial charge in [-0.1, -0.05) is 24.3 Å². The van der Waals surface area contributed by atoms with Crippen LogP contribution in [0.1, 0.15) is 15.9 Å². The Morgan fingerprint density at radius 2 is 1.75 bits per heavy atom. The van der Waals surface area contributed by atoms with Crippen LogP contribution in [-0.2, 0) is 6.18 Å². The number of halogens is 3. The highest BCUT2D eigenvalue weighted by Gasteiger charge is 2.34. The van der Waals surface area contributed by atoms with E-state index in [-0.39, 0.29) is 28.1 Å². The molecule has 0 aliphatic rings. The number of hydrogen-bond acceptors (Lipinski definition) is 4. The van der Waals surface area contributed by atoms with Crippen LogP contribution in [0.2, 0.25) is 0 Å². The van der Waals surface area contributed by atoms with E-state index < -0.39 is 17.6 Å². The number of rotatable bonds is 3. The second-order valence-corrected chi connectivity index (χ2v) is 5.88. The van der Waals surface area contributed by atoms with Crippen molar-refractivity contribution in [2.45, 2.75) is 6.18 Å². The van der Waals surface area contributed by atoms with Gasteiger partial charge in [0, 0.05) is 11.8 Å². The van der Waals surface area contributed by atoms with Gasteiger partial charge in [-0.15, -0.1) is 0 Å². The first-order chi connectivity index (χ1) is 13.4. The number of anilines is 1. The van der Waals surface area contributed by atoms with E-state index in [9.17, 15) is 18.0 Å². The molecular weight excluding hydrogens is 371 g/mol. The Morgan fingerprint density at radius 1 is 0.964 bits per heavy atom. The molecule has 4 rings (SSSR count). The fourth-order valence-corrected chi connectivity index (χ4v) is 2.78. The van der Waals surface area contributed by atoms with Crippen molar-refractivity contribution < 1.29 is 22.4 Å². The number of para-hydroxylation sites is 1. The molecule has 0 aliphatic carbocycles. The smallest absolute Gasteiger partial charge is 0.417 e. The fourth-order valence-electron chi connectivity index (χ4n) is 2.78. The van der Waals surface area contributed by atoms with Gasteiger partial charge in [0.05, 0.1) is 11.1 Å². The number of nitrogens with zero attached hydrogens (tertiary/aromatic N) is 2. The first kappa shape index (κ1) is 17.7. The van der Waals surface area contributed by atoms with Crippen molar-refractivity contribution in [3.05, 3.63) is 78.0 Å². The van der Waals surface area contributed by atoms with Crippen LogP contribution in [0.15, 0.2) is 71.3 Å². The summed E-state index contributed by atoms with van der Waals surface area (Å²) in [4.78, 5) is 20.8. The lowest BCUT2D eigenvalue weighted by Crippen LogP contribution is -2.13. The third-order valence-electron chi connectivity index (χ3n) is 4.03. The molecule has 0 bridgehead atoms. The molecule has 2 heterocycles. The zero-order valence-corrected chi connectivity index (χ0v) is 14.2. The van der Waals surface area contributed by atoms with Crippen LogP contribution in [0.5, 0.6) is 0 Å². The number of amides is 1. The molecule has 2 aromatic carbocycles. The number of fused-ring (bicyclic) bond motifs is 1. The summed E-state index contributed by atoms with van der Waals surface area (Å²) in [5.74, 6) is -0.357. The predicted octanol–water partition coefficient (Wildman–Crippen LogP) is 5.16. The van der Waals surface area contributed by atoms with Gasteiger partial charge < -0.3 is 9.73 Å². The van der Waals surface area contributed by atoms with Crippen molar-refractivity contribution in [1.29, 1.82) is 0 Å². The molecule has 0 atom stereocenters. The highest BCUT2D eigenvalue weighted by Crippen LogP contribution is 2.37. The fraction of sp³-hybridized carbons (Fsp3) is 0.0500. The summed E-state index contributed by atoms with van der Waals surface area (Å²) in [7, 11) is 0. The van der Waals surface area contributed by atoms with E-state index in [1.807, 2.05) is 0 Å². The molecule has 28 heavy (non-hydrogen) atoms. The zero-order valence-electron chi connectivity index (χ0n) is 14.2. The molecule has 0 saturated carbocycles. The standard InChI is InChI=1S/C20H12F3N3O2/c21-20(22,23)14-8-2-1-6-12(14)19-26-17-13(7-5-9-15(17)28-19)18(27)25-16-10-3-4-11-24-16/h1-11H,(H,24,25,27). The molecule has 2 aromatic heterocycles. The topological polar surface area (TPSA) is 68.0 Å². The van der Waals surface area contributed by atoms with E-state index in [2.05, 4.69) is 15.3 Å². The number of oxazole rings is 1. The molecule has 0 radical (unpaired) electrons. The number of hydrogen-bond donors (Lipinski definition) is 1. The molecule has 0 aliphatic heterocycles. The van der Waals surface area contributed by atoms with Crippen molar-refractivity contribution in [3.63, 3.8) is 0 Å². The molecule has 1 amide bonds. The highest BCUT2D eigenvalue weighted by molar-refractivity contribution is 6.11. The predicted molar refractivity (Wildman–Crippen MR) is 96.6 cm³/mol. The van der Waals surface area contributed by atoms with Crippen LogP contribution in [0.4, 0.5) is 19.0 Å². The SMILES string of the molecule is O=C(Nc1ccccn1)c1cccc2oc(-c3ccccc3C(F)(F)F)nc12. The summed E-state index contributed by atoms with van der Waals surface area (Å²) in [6, 6.07) is 14.7. The summed E-state index contributed by atoms with van der Waals surface area (Å²) in [5.41, 5.74) is -0.505. The number of carbonyl (C=O) groups is 1. The third-order valence-corrected chi connectivity index (χ3v) is 4.03. The molecule has 0 unspecified atom stereocenters. The van der Waals surface area contributed by atoms with Crippen LogP contribution >= 0.6 is 0 Å². The van der Waals surface area contributed by atoms with E-state index in [0.29, 0.717) is 5.82 Å². The van der Waals surface area contributed by atoms with Crippen molar-refractivity contribution in [2.24, 2.45) is 0 Å². The van der Waals surface area contributed by atoms with Crippen LogP contribution in [0.3, 0.4) is 0 Å². The van der Waals surface area contributed by atoms with Crippen LogP contribution < -0.4 is 5.32 Å². The van der Waals surface area contributed by atoms with Gasteiger partial charge in [0.25, 0.3) is 5.91 Å². The van der Waals surface area contributed by atoms with E-state index in [0.717, 1.165) is 6.07 Å². The van der Waals surface area contributed by atoms with Crippen LogP contribution in [0.25, 0.3) is 22.6 Å². The molecule has 0 spiro atoms. The quantitative estimate of drug-likeness (QED) is 0.531. The zero-order chi connectivity index (χ0) is 19.7. The van der Waals surface area contributed by atoms with Gasteiger partial charge in [-0.25, -0.2) is 9.97 Å². The van der Waals surface area contributed by atoms with Gasteiger partial charge >= 0.3 is 6.18 Å². The first-order valence-corrected chi connectivity index (χ1v) is 8.22. The minimum Gasteiger partial charge on any atom is -0.436 e. The monoisotopic (exact) mass is 383 g/mol. The number of alkyl halides is 3. The van der Waals surface area contributed by atoms with Gasteiger partial charge in [-0.2, -0.15) is 13.2 Å². The summed E-state index contributed by atoms with van der Waals surface area (Å²) in [6.45, 7) is 0. The molecule has 4 aromatic rings. The van der Waals surface area contributed by atoms with Gasteiger partial charge in [-0.3, -0.25) is 4.79 Å². The number of carbonyl (C=O) groups excluding carboxylic acids is 1. The average Bonchev–Trinajstić information content (AvgIpc) is 3.12. The Hall–Kier alpha value is -3.68. The van der Waals surface area contributed by atoms with Crippen LogP contribution in [-0.4, -0.2) is 15.9 Å². The Kier molecular flexibility index (Phi) is 4.31. The van der Waals surface area contributed by atoms with E-state index in [1.165, 1.54) is 30.5 Å². The number of nitrogens with one attached hydrogen (secondary N) is 1. The minimum absolute atomic E-state index is 0.169. The molecule has 5 nitrogen and oxygen atoms in total. The second-order valence-electron chi connectivity index (χ2n) is 5.88. The van der Waals surface area contributed by atoms with Gasteiger partial charge in [0.2, 0.25) is 5.89 Å². The highest BCUT2D eigenvalue weighted by atomic mass is 19.4. The van der Waals surface area contributed by atoms with Gasteiger partial charge in [0.1, 0.15) is 11.3 Å². The van der Waals surface area contributed by atoms with E-state index in [4.69, 9.17) is 4.42 Å². The van der Waals surface area contributed by atoms with Crippen molar-refractivity contribution >= 4 is 22.8 Å². The summed E-state index contributed by atoms with van der Waals surface area (Å²) >= 11 is 0. The van der Waals surface area contributed by atoms with E-state index >= 15 is 0 Å². The summed E-state index contributed by atoms with van der Waals surface area (Å²) in [5, 5.41) is 2.62. The Morgan fingerprint density at radius 3 is 2.50 bits per heavy atom. The minimum atomic E-state index is -4.56. The molecule has 140 valence electrons. The molecule has 0 saturated heterocycles. The van der Waals surface area contributed by atoms with E-state index in [1.54, 1.807) is 30.3 Å². The lowest BCUT2D eigenvalue weighted by Gasteiger charge is -2.09. The lowest BCUT2D eigenvalue weighted by molar-refractivity contribution is -0.137. The Bertz CT molecular complexity index is 1150. The molecular formula is C20H12F3N3O2. The Balaban J connectivity index is 1.78. The van der Waals surface area contributed by atoms with Crippen LogP contribution in [0, 0.1) is 0 Å². The van der Waals surface area contributed by atoms with Crippen molar-refractivity contribution in [3.8, 4) is 11.5 Å². The number of pyridine rings is 1. The third kappa shape index (κ3) is 3.32.